The lowest BCUT2D eigenvalue weighted by molar-refractivity contribution is 0.0920. The molecule has 0 aliphatic carbocycles. The summed E-state index contributed by atoms with van der Waals surface area (Å²) in [5.41, 5.74) is 5.03. The number of primary amides is 1. The highest BCUT2D eigenvalue weighted by molar-refractivity contribution is 5.73. The summed E-state index contributed by atoms with van der Waals surface area (Å²) in [4.78, 5) is 14.2. The van der Waals surface area contributed by atoms with Crippen LogP contribution in [0.25, 0.3) is 0 Å². The van der Waals surface area contributed by atoms with Crippen LogP contribution >= 0.6 is 0 Å². The van der Waals surface area contributed by atoms with E-state index in [9.17, 15) is 4.79 Å². The molecule has 0 bridgehead atoms. The Bertz CT molecular complexity index is 140. The first-order valence-electron chi connectivity index (χ1n) is 3.32. The van der Waals surface area contributed by atoms with Crippen LogP contribution in [0.3, 0.4) is 0 Å². The fourth-order valence-electron chi connectivity index (χ4n) is 0.962. The van der Waals surface area contributed by atoms with Gasteiger partial charge in [-0.05, 0) is 14.1 Å². The number of hydrogen-bond acceptors (Lipinski definition) is 2. The maximum Gasteiger partial charge on any atom is 0.314 e. The van der Waals surface area contributed by atoms with Crippen molar-refractivity contribution in [3.63, 3.8) is 0 Å². The molecule has 0 aromatic carbocycles. The molecule has 1 saturated heterocycles. The lowest BCUT2D eigenvalue weighted by Gasteiger charge is -2.41. The summed E-state index contributed by atoms with van der Waals surface area (Å²) in [6.07, 6.45) is 0. The van der Waals surface area contributed by atoms with Crippen molar-refractivity contribution >= 4 is 6.03 Å². The first kappa shape index (κ1) is 7.34. The molecule has 1 rings (SSSR count). The van der Waals surface area contributed by atoms with E-state index in [1.54, 1.807) is 4.90 Å². The van der Waals surface area contributed by atoms with Gasteiger partial charge in [0.05, 0.1) is 0 Å². The number of carbonyl (C=O) groups is 1. The average molecular weight is 143 g/mol. The monoisotopic (exact) mass is 143 g/mol. The molecular weight excluding hydrogens is 130 g/mol. The Hall–Kier alpha value is -0.770. The molecule has 1 aliphatic rings. The van der Waals surface area contributed by atoms with E-state index >= 15 is 0 Å². The normalized spacial score (nSPS) is 19.3. The largest absolute Gasteiger partial charge is 0.351 e. The number of nitrogens with two attached hydrogens (primary N) is 1. The van der Waals surface area contributed by atoms with Gasteiger partial charge in [-0.1, -0.05) is 0 Å². The van der Waals surface area contributed by atoms with Crippen LogP contribution in [0.15, 0.2) is 0 Å². The molecule has 1 heterocycles. The number of nitrogens with zero attached hydrogens (tertiary/aromatic N) is 2. The number of rotatable bonds is 1. The Balaban J connectivity index is 2.24. The van der Waals surface area contributed by atoms with Crippen molar-refractivity contribution in [1.82, 2.24) is 9.80 Å². The summed E-state index contributed by atoms with van der Waals surface area (Å²) in [5.74, 6) is 0. The van der Waals surface area contributed by atoms with Crippen LogP contribution in [0.1, 0.15) is 0 Å². The second-order valence-corrected chi connectivity index (χ2v) is 2.86. The second-order valence-electron chi connectivity index (χ2n) is 2.86. The van der Waals surface area contributed by atoms with E-state index in [-0.39, 0.29) is 6.03 Å². The fourth-order valence-corrected chi connectivity index (χ4v) is 0.962. The van der Waals surface area contributed by atoms with Gasteiger partial charge in [0.2, 0.25) is 0 Å². The van der Waals surface area contributed by atoms with Crippen molar-refractivity contribution in [3.8, 4) is 0 Å². The zero-order chi connectivity index (χ0) is 7.72. The SMILES string of the molecule is CN(C)C1CN(C(N)=O)C1. The summed E-state index contributed by atoms with van der Waals surface area (Å²) in [6.45, 7) is 1.56. The van der Waals surface area contributed by atoms with E-state index in [0.29, 0.717) is 6.04 Å². The molecule has 0 aromatic rings. The molecule has 1 aliphatic heterocycles. The highest BCUT2D eigenvalue weighted by Gasteiger charge is 2.30. The maximum absolute atomic E-state index is 10.5. The van der Waals surface area contributed by atoms with Crippen molar-refractivity contribution in [1.29, 1.82) is 0 Å². The Kier molecular flexibility index (Phi) is 1.80. The number of amides is 2. The van der Waals surface area contributed by atoms with Gasteiger partial charge in [-0.25, -0.2) is 4.79 Å². The molecule has 2 amide bonds. The molecule has 58 valence electrons. The molecule has 10 heavy (non-hydrogen) atoms. The molecule has 0 unspecified atom stereocenters. The van der Waals surface area contributed by atoms with Crippen LogP contribution in [0.2, 0.25) is 0 Å². The molecular formula is C6H13N3O. The van der Waals surface area contributed by atoms with Gasteiger partial charge in [-0.15, -0.1) is 0 Å². The van der Waals surface area contributed by atoms with E-state index < -0.39 is 0 Å². The fraction of sp³-hybridized carbons (Fsp3) is 0.833. The molecule has 0 spiro atoms. The molecule has 0 atom stereocenters. The van der Waals surface area contributed by atoms with Crippen LogP contribution in [0.4, 0.5) is 4.79 Å². The van der Waals surface area contributed by atoms with Crippen LogP contribution in [0.5, 0.6) is 0 Å². The average Bonchev–Trinajstić information content (AvgIpc) is 1.56. The van der Waals surface area contributed by atoms with Crippen molar-refractivity contribution in [2.24, 2.45) is 5.73 Å². The summed E-state index contributed by atoms with van der Waals surface area (Å²) < 4.78 is 0. The second kappa shape index (κ2) is 2.46. The lowest BCUT2D eigenvalue weighted by atomic mass is 10.1. The summed E-state index contributed by atoms with van der Waals surface area (Å²) in [6, 6.07) is 0.200. The topological polar surface area (TPSA) is 49.6 Å². The third-order valence-corrected chi connectivity index (χ3v) is 1.90. The van der Waals surface area contributed by atoms with E-state index in [2.05, 4.69) is 4.90 Å². The molecule has 0 radical (unpaired) electrons. The third-order valence-electron chi connectivity index (χ3n) is 1.90. The minimum Gasteiger partial charge on any atom is -0.351 e. The zero-order valence-corrected chi connectivity index (χ0v) is 6.37. The Morgan fingerprint density at radius 2 is 2.10 bits per heavy atom. The predicted octanol–water partition coefficient (Wildman–Crippen LogP) is -0.689. The lowest BCUT2D eigenvalue weighted by Crippen LogP contribution is -2.60. The Morgan fingerprint density at radius 1 is 1.60 bits per heavy atom. The minimum absolute atomic E-state index is 0.307. The Labute approximate surface area is 60.6 Å². The number of likely N-dealkylation sites (tertiary alicyclic amines) is 1. The number of carbonyl (C=O) groups excluding carboxylic acids is 1. The molecule has 0 saturated carbocycles. The van der Waals surface area contributed by atoms with Gasteiger partial charge in [0, 0.05) is 19.1 Å². The molecule has 4 nitrogen and oxygen atoms in total. The number of likely N-dealkylation sites (N-methyl/N-ethyl adjacent to an activating group) is 1. The van der Waals surface area contributed by atoms with E-state index in [1.165, 1.54) is 0 Å². The van der Waals surface area contributed by atoms with Crippen LogP contribution < -0.4 is 5.73 Å². The smallest absolute Gasteiger partial charge is 0.314 e. The van der Waals surface area contributed by atoms with Gasteiger partial charge in [-0.2, -0.15) is 0 Å². The quantitative estimate of drug-likeness (QED) is 0.528. The third kappa shape index (κ3) is 1.21. The maximum atomic E-state index is 10.5. The first-order chi connectivity index (χ1) is 4.61. The van der Waals surface area contributed by atoms with E-state index in [1.807, 2.05) is 14.1 Å². The molecule has 0 aromatic heterocycles. The van der Waals surface area contributed by atoms with Gasteiger partial charge in [0.1, 0.15) is 0 Å². The van der Waals surface area contributed by atoms with Crippen molar-refractivity contribution in [2.75, 3.05) is 27.2 Å². The standard InChI is InChI=1S/C6H13N3O/c1-8(2)5-3-9(4-5)6(7)10/h5H,3-4H2,1-2H3,(H2,7,10). The van der Waals surface area contributed by atoms with Gasteiger partial charge in [0.15, 0.2) is 0 Å². The first-order valence-corrected chi connectivity index (χ1v) is 3.32. The van der Waals surface area contributed by atoms with E-state index in [0.717, 1.165) is 13.1 Å². The van der Waals surface area contributed by atoms with Gasteiger partial charge in [0.25, 0.3) is 0 Å². The highest BCUT2D eigenvalue weighted by atomic mass is 16.2. The minimum atomic E-state index is -0.307. The van der Waals surface area contributed by atoms with Gasteiger partial charge >= 0.3 is 6.03 Å². The Morgan fingerprint density at radius 3 is 2.40 bits per heavy atom. The molecule has 1 fully saturated rings. The van der Waals surface area contributed by atoms with Crippen molar-refractivity contribution < 1.29 is 4.79 Å². The summed E-state index contributed by atoms with van der Waals surface area (Å²) in [5, 5.41) is 0. The summed E-state index contributed by atoms with van der Waals surface area (Å²) >= 11 is 0. The van der Waals surface area contributed by atoms with Crippen molar-refractivity contribution in [3.05, 3.63) is 0 Å². The summed E-state index contributed by atoms with van der Waals surface area (Å²) in [7, 11) is 4.01. The van der Waals surface area contributed by atoms with Crippen LogP contribution in [0, 0.1) is 0 Å². The predicted molar refractivity (Wildman–Crippen MR) is 38.6 cm³/mol. The van der Waals surface area contributed by atoms with Gasteiger partial charge < -0.3 is 15.5 Å². The van der Waals surface area contributed by atoms with Crippen LogP contribution in [-0.4, -0.2) is 49.1 Å². The number of urea groups is 1. The zero-order valence-electron chi connectivity index (χ0n) is 6.37. The highest BCUT2D eigenvalue weighted by Crippen LogP contribution is 2.10. The molecule has 4 heteroatoms. The number of hydrogen-bond donors (Lipinski definition) is 1. The van der Waals surface area contributed by atoms with Crippen molar-refractivity contribution in [2.45, 2.75) is 6.04 Å². The van der Waals surface area contributed by atoms with Gasteiger partial charge in [-0.3, -0.25) is 0 Å². The van der Waals surface area contributed by atoms with E-state index in [4.69, 9.17) is 5.73 Å². The van der Waals surface area contributed by atoms with Crippen LogP contribution in [-0.2, 0) is 0 Å². The molecule has 2 N–H and O–H groups in total.